The van der Waals surface area contributed by atoms with Crippen LogP contribution in [-0.4, -0.2) is 42.5 Å². The van der Waals surface area contributed by atoms with Crippen LogP contribution in [0.5, 0.6) is 0 Å². The molecule has 0 aromatic heterocycles. The molecule has 3 nitrogen and oxygen atoms in total. The van der Waals surface area contributed by atoms with E-state index >= 15 is 0 Å². The number of nitrogens with zero attached hydrogens (tertiary/aromatic N) is 1. The van der Waals surface area contributed by atoms with Crippen LogP contribution in [0.2, 0.25) is 5.02 Å². The fourth-order valence-corrected chi connectivity index (χ4v) is 3.27. The van der Waals surface area contributed by atoms with E-state index in [0.717, 1.165) is 25.2 Å². The molecule has 0 radical (unpaired) electrons. The second-order valence-electron chi connectivity index (χ2n) is 6.64. The zero-order valence-corrected chi connectivity index (χ0v) is 14.6. The third-order valence-corrected chi connectivity index (χ3v) is 4.37. The van der Waals surface area contributed by atoms with Crippen molar-refractivity contribution in [1.82, 2.24) is 4.90 Å². The van der Waals surface area contributed by atoms with Crippen LogP contribution in [0.4, 0.5) is 0 Å². The van der Waals surface area contributed by atoms with Crippen LogP contribution in [0.15, 0.2) is 24.3 Å². The molecule has 1 fully saturated rings. The summed E-state index contributed by atoms with van der Waals surface area (Å²) in [6.07, 6.45) is 0.424. The number of rotatable bonds is 5. The van der Waals surface area contributed by atoms with Crippen molar-refractivity contribution in [3.05, 3.63) is 34.9 Å². The summed E-state index contributed by atoms with van der Waals surface area (Å²) >= 11 is 5.98. The number of Topliss-reactive ketones (excluding diaryl/α,β-unsaturated/α-hetero) is 1. The molecule has 0 aliphatic carbocycles. The Hall–Kier alpha value is -0.900. The molecule has 0 bridgehead atoms. The van der Waals surface area contributed by atoms with Gasteiger partial charge in [-0.25, -0.2) is 0 Å². The molecule has 0 saturated carbocycles. The SMILES string of the molecule is CC(C)C(=O)[C@H](CN1C[C@@H](C)O[C@@H](C)C1)c1ccc(Cl)cc1. The van der Waals surface area contributed by atoms with Crippen LogP contribution in [0.25, 0.3) is 0 Å². The lowest BCUT2D eigenvalue weighted by Crippen LogP contribution is -2.47. The number of ketones is 1. The van der Waals surface area contributed by atoms with E-state index in [4.69, 9.17) is 16.3 Å². The highest BCUT2D eigenvalue weighted by molar-refractivity contribution is 6.30. The van der Waals surface area contributed by atoms with Crippen molar-refractivity contribution in [1.29, 1.82) is 0 Å². The number of carbonyl (C=O) groups is 1. The molecular formula is C18H26ClNO2. The number of carbonyl (C=O) groups excluding carboxylic acids is 1. The summed E-state index contributed by atoms with van der Waals surface area (Å²) in [5, 5.41) is 0.702. The number of morpholine rings is 1. The molecule has 22 heavy (non-hydrogen) atoms. The van der Waals surface area contributed by atoms with Crippen molar-refractivity contribution in [2.24, 2.45) is 5.92 Å². The second-order valence-corrected chi connectivity index (χ2v) is 7.07. The molecule has 2 rings (SSSR count). The predicted molar refractivity (Wildman–Crippen MR) is 90.5 cm³/mol. The van der Waals surface area contributed by atoms with Crippen LogP contribution < -0.4 is 0 Å². The molecule has 1 aromatic rings. The average molecular weight is 324 g/mol. The van der Waals surface area contributed by atoms with Gasteiger partial charge in [0.2, 0.25) is 0 Å². The Labute approximate surface area is 138 Å². The number of hydrogen-bond donors (Lipinski definition) is 0. The van der Waals surface area contributed by atoms with Gasteiger partial charge in [0, 0.05) is 30.6 Å². The van der Waals surface area contributed by atoms with E-state index in [1.165, 1.54) is 0 Å². The zero-order chi connectivity index (χ0) is 16.3. The van der Waals surface area contributed by atoms with E-state index in [9.17, 15) is 4.79 Å². The fraction of sp³-hybridized carbons (Fsp3) is 0.611. The van der Waals surface area contributed by atoms with Crippen LogP contribution in [0, 0.1) is 5.92 Å². The van der Waals surface area contributed by atoms with E-state index in [1.807, 2.05) is 38.1 Å². The molecule has 4 heteroatoms. The van der Waals surface area contributed by atoms with Gasteiger partial charge in [0.1, 0.15) is 5.78 Å². The van der Waals surface area contributed by atoms with Crippen LogP contribution in [-0.2, 0) is 9.53 Å². The van der Waals surface area contributed by atoms with Gasteiger partial charge in [-0.3, -0.25) is 9.69 Å². The van der Waals surface area contributed by atoms with Gasteiger partial charge < -0.3 is 4.74 Å². The quantitative estimate of drug-likeness (QED) is 0.826. The molecule has 1 aromatic carbocycles. The van der Waals surface area contributed by atoms with Gasteiger partial charge in [-0.15, -0.1) is 0 Å². The summed E-state index contributed by atoms with van der Waals surface area (Å²) in [6.45, 7) is 10.6. The maximum atomic E-state index is 12.7. The van der Waals surface area contributed by atoms with Crippen LogP contribution in [0.3, 0.4) is 0 Å². The maximum Gasteiger partial charge on any atom is 0.144 e. The summed E-state index contributed by atoms with van der Waals surface area (Å²) in [4.78, 5) is 15.0. The molecular weight excluding hydrogens is 298 g/mol. The molecule has 0 unspecified atom stereocenters. The monoisotopic (exact) mass is 323 g/mol. The van der Waals surface area contributed by atoms with Gasteiger partial charge in [0.05, 0.1) is 18.1 Å². The molecule has 1 aliphatic rings. The Morgan fingerprint density at radius 2 is 1.77 bits per heavy atom. The Morgan fingerprint density at radius 1 is 1.23 bits per heavy atom. The van der Waals surface area contributed by atoms with Crippen molar-refractivity contribution in [3.8, 4) is 0 Å². The van der Waals surface area contributed by atoms with E-state index in [1.54, 1.807) is 0 Å². The number of hydrogen-bond acceptors (Lipinski definition) is 3. The van der Waals surface area contributed by atoms with E-state index in [2.05, 4.69) is 18.7 Å². The highest BCUT2D eigenvalue weighted by Gasteiger charge is 2.29. The fourth-order valence-electron chi connectivity index (χ4n) is 3.15. The van der Waals surface area contributed by atoms with Crippen LogP contribution in [0.1, 0.15) is 39.2 Å². The molecule has 0 amide bonds. The highest BCUT2D eigenvalue weighted by atomic mass is 35.5. The third kappa shape index (κ3) is 4.55. The molecule has 1 heterocycles. The molecule has 3 atom stereocenters. The van der Waals surface area contributed by atoms with E-state index in [0.29, 0.717) is 5.02 Å². The first-order chi connectivity index (χ1) is 10.4. The lowest BCUT2D eigenvalue weighted by molar-refractivity contribution is -0.125. The lowest BCUT2D eigenvalue weighted by atomic mass is 9.88. The second kappa shape index (κ2) is 7.58. The molecule has 0 spiro atoms. The van der Waals surface area contributed by atoms with Crippen molar-refractivity contribution >= 4 is 17.4 Å². The van der Waals surface area contributed by atoms with Crippen molar-refractivity contribution < 1.29 is 9.53 Å². The molecule has 122 valence electrons. The van der Waals surface area contributed by atoms with Gasteiger partial charge in [-0.05, 0) is 31.5 Å². The Morgan fingerprint density at radius 3 is 2.27 bits per heavy atom. The van der Waals surface area contributed by atoms with Gasteiger partial charge in [-0.1, -0.05) is 37.6 Å². The number of benzene rings is 1. The molecule has 1 saturated heterocycles. The first-order valence-corrected chi connectivity index (χ1v) is 8.41. The standard InChI is InChI=1S/C18H26ClNO2/c1-12(2)18(21)17(15-5-7-16(19)8-6-15)11-20-9-13(3)22-14(4)10-20/h5-8,12-14,17H,9-11H2,1-4H3/t13-,14+,17-/m1/s1. The minimum atomic E-state index is -0.102. The van der Waals surface area contributed by atoms with Gasteiger partial charge in [-0.2, -0.15) is 0 Å². The maximum absolute atomic E-state index is 12.7. The average Bonchev–Trinajstić information content (AvgIpc) is 2.44. The summed E-state index contributed by atoms with van der Waals surface area (Å²) in [6, 6.07) is 7.67. The van der Waals surface area contributed by atoms with Crippen molar-refractivity contribution in [3.63, 3.8) is 0 Å². The van der Waals surface area contributed by atoms with Gasteiger partial charge >= 0.3 is 0 Å². The van der Waals surface area contributed by atoms with Gasteiger partial charge in [0.15, 0.2) is 0 Å². The van der Waals surface area contributed by atoms with E-state index < -0.39 is 0 Å². The van der Waals surface area contributed by atoms with Crippen LogP contribution >= 0.6 is 11.6 Å². The van der Waals surface area contributed by atoms with Gasteiger partial charge in [0.25, 0.3) is 0 Å². The normalized spacial score (nSPS) is 24.5. The van der Waals surface area contributed by atoms with Crippen molar-refractivity contribution in [2.45, 2.75) is 45.8 Å². The summed E-state index contributed by atoms with van der Waals surface area (Å²) in [5.74, 6) is 0.209. The minimum Gasteiger partial charge on any atom is -0.373 e. The molecule has 1 aliphatic heterocycles. The third-order valence-electron chi connectivity index (χ3n) is 4.12. The smallest absolute Gasteiger partial charge is 0.144 e. The zero-order valence-electron chi connectivity index (χ0n) is 13.9. The number of halogens is 1. The Kier molecular flexibility index (Phi) is 6.01. The number of ether oxygens (including phenoxy) is 1. The van der Waals surface area contributed by atoms with E-state index in [-0.39, 0.29) is 29.8 Å². The highest BCUT2D eigenvalue weighted by Crippen LogP contribution is 2.25. The summed E-state index contributed by atoms with van der Waals surface area (Å²) in [5.41, 5.74) is 1.05. The lowest BCUT2D eigenvalue weighted by Gasteiger charge is -2.37. The molecule has 0 N–H and O–H groups in total. The first-order valence-electron chi connectivity index (χ1n) is 8.03. The summed E-state index contributed by atoms with van der Waals surface area (Å²) < 4.78 is 5.78. The largest absolute Gasteiger partial charge is 0.373 e. The van der Waals surface area contributed by atoms with Crippen molar-refractivity contribution in [2.75, 3.05) is 19.6 Å². The topological polar surface area (TPSA) is 29.5 Å². The first kappa shape index (κ1) is 17.5. The Balaban J connectivity index is 2.17. The Bertz CT molecular complexity index is 490. The minimum absolute atomic E-state index is 0.0246. The summed E-state index contributed by atoms with van der Waals surface area (Å²) in [7, 11) is 0. The predicted octanol–water partition coefficient (Wildman–Crippen LogP) is 3.76.